The van der Waals surface area contributed by atoms with Gasteiger partial charge in [0.25, 0.3) is 5.91 Å². The minimum Gasteiger partial charge on any atom is -0.361 e. The van der Waals surface area contributed by atoms with E-state index >= 15 is 0 Å². The predicted octanol–water partition coefficient (Wildman–Crippen LogP) is 1.19. The zero-order valence-electron chi connectivity index (χ0n) is 10.3. The van der Waals surface area contributed by atoms with Gasteiger partial charge in [-0.05, 0) is 19.9 Å². The average molecular weight is 246 g/mol. The largest absolute Gasteiger partial charge is 0.361 e. The van der Waals surface area contributed by atoms with Crippen LogP contribution in [0.1, 0.15) is 27.9 Å². The second kappa shape index (κ2) is 3.97. The summed E-state index contributed by atoms with van der Waals surface area (Å²) in [7, 11) is 0. The predicted molar refractivity (Wildman–Crippen MR) is 63.1 cm³/mol. The Morgan fingerprint density at radius 1 is 1.44 bits per heavy atom. The highest BCUT2D eigenvalue weighted by Crippen LogP contribution is 2.24. The van der Waals surface area contributed by atoms with Crippen molar-refractivity contribution in [3.05, 3.63) is 35.5 Å². The van der Waals surface area contributed by atoms with Gasteiger partial charge in [-0.25, -0.2) is 0 Å². The first-order valence-electron chi connectivity index (χ1n) is 5.88. The summed E-state index contributed by atoms with van der Waals surface area (Å²) in [4.78, 5) is 14.0. The van der Waals surface area contributed by atoms with Gasteiger partial charge in [0.05, 0.1) is 11.7 Å². The molecule has 6 nitrogen and oxygen atoms in total. The highest BCUT2D eigenvalue weighted by Gasteiger charge is 2.34. The number of hydrogen-bond donors (Lipinski definition) is 0. The maximum absolute atomic E-state index is 12.2. The fraction of sp³-hybridized carbons (Fsp3) is 0.417. The summed E-state index contributed by atoms with van der Waals surface area (Å²) in [5.41, 5.74) is 1.24. The average Bonchev–Trinajstić information content (AvgIpc) is 2.87. The van der Waals surface area contributed by atoms with Gasteiger partial charge in [-0.1, -0.05) is 5.16 Å². The third kappa shape index (κ3) is 1.61. The maximum Gasteiger partial charge on any atom is 0.259 e. The van der Waals surface area contributed by atoms with Gasteiger partial charge >= 0.3 is 0 Å². The van der Waals surface area contributed by atoms with Crippen LogP contribution in [0.15, 0.2) is 23.0 Å². The molecule has 0 saturated carbocycles. The Hall–Kier alpha value is -2.11. The number of nitrogens with zero attached hydrogens (tertiary/aromatic N) is 4. The van der Waals surface area contributed by atoms with Crippen LogP contribution in [0.25, 0.3) is 0 Å². The second-order valence-corrected chi connectivity index (χ2v) is 4.55. The Morgan fingerprint density at radius 2 is 2.22 bits per heavy atom. The Balaban J connectivity index is 1.70. The third-order valence-corrected chi connectivity index (χ3v) is 3.30. The molecule has 0 atom stereocenters. The molecule has 18 heavy (non-hydrogen) atoms. The van der Waals surface area contributed by atoms with Crippen LogP contribution in [0.3, 0.4) is 0 Å². The quantitative estimate of drug-likeness (QED) is 0.798. The lowest BCUT2D eigenvalue weighted by Crippen LogP contribution is -2.51. The number of rotatable bonds is 2. The van der Waals surface area contributed by atoms with E-state index in [1.807, 2.05) is 16.9 Å². The summed E-state index contributed by atoms with van der Waals surface area (Å²) in [6, 6.07) is 2.17. The topological polar surface area (TPSA) is 64.2 Å². The molecule has 0 aromatic carbocycles. The van der Waals surface area contributed by atoms with E-state index in [9.17, 15) is 4.79 Å². The summed E-state index contributed by atoms with van der Waals surface area (Å²) in [5, 5.41) is 7.98. The molecule has 6 heteroatoms. The SMILES string of the molecule is Cc1noc(C)c1C(=O)N1CC(n2cccn2)C1. The van der Waals surface area contributed by atoms with Gasteiger partial charge in [0.1, 0.15) is 11.3 Å². The molecule has 2 aromatic rings. The minimum atomic E-state index is -0.00495. The van der Waals surface area contributed by atoms with Crippen molar-refractivity contribution in [3.63, 3.8) is 0 Å². The van der Waals surface area contributed by atoms with Gasteiger partial charge in [-0.2, -0.15) is 5.10 Å². The molecule has 2 aromatic heterocycles. The normalized spacial score (nSPS) is 15.8. The molecule has 0 N–H and O–H groups in total. The van der Waals surface area contributed by atoms with E-state index in [1.54, 1.807) is 24.9 Å². The minimum absolute atomic E-state index is 0.00495. The molecule has 0 unspecified atom stereocenters. The molecule has 0 spiro atoms. The number of aryl methyl sites for hydroxylation is 2. The molecule has 1 fully saturated rings. The number of amides is 1. The van der Waals surface area contributed by atoms with Gasteiger partial charge in [0, 0.05) is 25.5 Å². The summed E-state index contributed by atoms with van der Waals surface area (Å²) in [5.74, 6) is 0.578. The molecule has 1 aliphatic heterocycles. The molecular formula is C12H14N4O2. The lowest BCUT2D eigenvalue weighted by molar-refractivity contribution is 0.0499. The first kappa shape index (κ1) is 11.0. The van der Waals surface area contributed by atoms with Crippen molar-refractivity contribution in [3.8, 4) is 0 Å². The van der Waals surface area contributed by atoms with Crippen LogP contribution in [0.5, 0.6) is 0 Å². The van der Waals surface area contributed by atoms with E-state index in [1.165, 1.54) is 0 Å². The smallest absolute Gasteiger partial charge is 0.259 e. The fourth-order valence-electron chi connectivity index (χ4n) is 2.23. The number of carbonyl (C=O) groups is 1. The van der Waals surface area contributed by atoms with Crippen LogP contribution in [-0.4, -0.2) is 38.8 Å². The Morgan fingerprint density at radius 3 is 2.78 bits per heavy atom. The Bertz CT molecular complexity index is 547. The maximum atomic E-state index is 12.2. The summed E-state index contributed by atoms with van der Waals surface area (Å²) >= 11 is 0. The molecule has 0 bridgehead atoms. The highest BCUT2D eigenvalue weighted by atomic mass is 16.5. The van der Waals surface area contributed by atoms with Crippen molar-refractivity contribution in [2.24, 2.45) is 0 Å². The number of aromatic nitrogens is 3. The number of likely N-dealkylation sites (tertiary alicyclic amines) is 1. The zero-order chi connectivity index (χ0) is 12.7. The van der Waals surface area contributed by atoms with Crippen molar-refractivity contribution in [2.45, 2.75) is 19.9 Å². The number of hydrogen-bond acceptors (Lipinski definition) is 4. The molecule has 1 amide bonds. The van der Waals surface area contributed by atoms with Gasteiger partial charge in [-0.3, -0.25) is 9.48 Å². The van der Waals surface area contributed by atoms with Crippen LogP contribution in [0.4, 0.5) is 0 Å². The highest BCUT2D eigenvalue weighted by molar-refractivity contribution is 5.96. The molecule has 0 radical (unpaired) electrons. The summed E-state index contributed by atoms with van der Waals surface area (Å²) in [6.45, 7) is 4.92. The van der Waals surface area contributed by atoms with Crippen molar-refractivity contribution in [2.75, 3.05) is 13.1 Å². The van der Waals surface area contributed by atoms with Crippen LogP contribution >= 0.6 is 0 Å². The number of carbonyl (C=O) groups excluding carboxylic acids is 1. The van der Waals surface area contributed by atoms with Crippen molar-refractivity contribution < 1.29 is 9.32 Å². The van der Waals surface area contributed by atoms with Crippen LogP contribution < -0.4 is 0 Å². The van der Waals surface area contributed by atoms with E-state index in [2.05, 4.69) is 10.3 Å². The van der Waals surface area contributed by atoms with Crippen LogP contribution in [0.2, 0.25) is 0 Å². The van der Waals surface area contributed by atoms with E-state index < -0.39 is 0 Å². The first-order valence-corrected chi connectivity index (χ1v) is 5.88. The second-order valence-electron chi connectivity index (χ2n) is 4.55. The third-order valence-electron chi connectivity index (χ3n) is 3.30. The van der Waals surface area contributed by atoms with Gasteiger partial charge in [-0.15, -0.1) is 0 Å². The summed E-state index contributed by atoms with van der Waals surface area (Å²) in [6.07, 6.45) is 3.67. The fourth-order valence-corrected chi connectivity index (χ4v) is 2.23. The lowest BCUT2D eigenvalue weighted by atomic mass is 10.1. The van der Waals surface area contributed by atoms with E-state index in [0.717, 1.165) is 0 Å². The molecule has 3 heterocycles. The van der Waals surface area contributed by atoms with Crippen LogP contribution in [-0.2, 0) is 0 Å². The van der Waals surface area contributed by atoms with Crippen molar-refractivity contribution >= 4 is 5.91 Å². The van der Waals surface area contributed by atoms with Gasteiger partial charge < -0.3 is 9.42 Å². The van der Waals surface area contributed by atoms with E-state index in [-0.39, 0.29) is 11.9 Å². The molecular weight excluding hydrogens is 232 g/mol. The molecule has 1 aliphatic rings. The molecule has 94 valence electrons. The molecule has 1 saturated heterocycles. The summed E-state index contributed by atoms with van der Waals surface area (Å²) < 4.78 is 6.91. The lowest BCUT2D eigenvalue weighted by Gasteiger charge is -2.39. The van der Waals surface area contributed by atoms with Crippen molar-refractivity contribution in [1.29, 1.82) is 0 Å². The van der Waals surface area contributed by atoms with Gasteiger partial charge in [0.2, 0.25) is 0 Å². The molecule has 3 rings (SSSR count). The Kier molecular flexibility index (Phi) is 2.43. The van der Waals surface area contributed by atoms with E-state index in [0.29, 0.717) is 30.1 Å². The van der Waals surface area contributed by atoms with Crippen molar-refractivity contribution in [1.82, 2.24) is 19.8 Å². The van der Waals surface area contributed by atoms with Crippen LogP contribution in [0, 0.1) is 13.8 Å². The Labute approximate surface area is 104 Å². The van der Waals surface area contributed by atoms with E-state index in [4.69, 9.17) is 4.52 Å². The monoisotopic (exact) mass is 246 g/mol. The molecule has 0 aliphatic carbocycles. The standard InChI is InChI=1S/C12H14N4O2/c1-8-11(9(2)18-14-8)12(17)15-6-10(7-15)16-5-3-4-13-16/h3-5,10H,6-7H2,1-2H3. The first-order chi connectivity index (χ1) is 8.66. The van der Waals surface area contributed by atoms with Gasteiger partial charge in [0.15, 0.2) is 0 Å². The zero-order valence-corrected chi connectivity index (χ0v) is 10.3.